The van der Waals surface area contributed by atoms with Crippen LogP contribution in [0.5, 0.6) is 0 Å². The van der Waals surface area contributed by atoms with Crippen molar-refractivity contribution >= 4 is 23.2 Å². The Morgan fingerprint density at radius 3 is 1.87 bits per heavy atom. The lowest BCUT2D eigenvalue weighted by Gasteiger charge is -2.35. The number of carbonyl (C=O) groups is 1. The molecule has 0 unspecified atom stereocenters. The predicted molar refractivity (Wildman–Crippen MR) is 161 cm³/mol. The molecule has 0 atom stereocenters. The predicted octanol–water partition coefficient (Wildman–Crippen LogP) is 5.37. The second kappa shape index (κ2) is 11.5. The average Bonchev–Trinajstić information content (AvgIpc) is 2.92. The maximum atomic E-state index is 13.8. The van der Waals surface area contributed by atoms with E-state index in [4.69, 9.17) is 0 Å². The maximum Gasteiger partial charge on any atom is 0.187 e. The number of aryl methyl sites for hydroxylation is 2. The molecule has 2 aliphatic rings. The van der Waals surface area contributed by atoms with Crippen molar-refractivity contribution in [3.63, 3.8) is 0 Å². The first-order valence-corrected chi connectivity index (χ1v) is 13.8. The number of hydrogen-bond acceptors (Lipinski definition) is 5. The van der Waals surface area contributed by atoms with Gasteiger partial charge in [-0.25, -0.2) is 0 Å². The van der Waals surface area contributed by atoms with Crippen molar-refractivity contribution in [2.45, 2.75) is 13.8 Å². The lowest BCUT2D eigenvalue weighted by molar-refractivity contribution is 0.104. The molecule has 0 saturated carbocycles. The molecular formula is C33H40N4O. The molecule has 2 fully saturated rings. The van der Waals surface area contributed by atoms with Crippen molar-refractivity contribution in [2.75, 3.05) is 76.3 Å². The molecule has 5 rings (SSSR count). The highest BCUT2D eigenvalue weighted by molar-refractivity contribution is 6.11. The molecule has 2 heterocycles. The van der Waals surface area contributed by atoms with Gasteiger partial charge in [-0.2, -0.15) is 0 Å². The van der Waals surface area contributed by atoms with E-state index < -0.39 is 0 Å². The number of allylic oxidation sites excluding steroid dienone is 1. The standard InChI is InChI=1S/C33H40N4O/c1-25-21-26(2)23-29(22-25)28-9-11-32(37-19-15-35(4)16-20-37)30(24-28)33(38)12-10-27-7-5-6-8-31(27)36-17-13-34(3)14-18-36/h5-12,21-24H,13-20H2,1-4H3/b12-10+. The van der Waals surface area contributed by atoms with Gasteiger partial charge in [-0.3, -0.25) is 4.79 Å². The molecule has 5 nitrogen and oxygen atoms in total. The quantitative estimate of drug-likeness (QED) is 0.330. The van der Waals surface area contributed by atoms with Crippen LogP contribution in [0.4, 0.5) is 11.4 Å². The summed E-state index contributed by atoms with van der Waals surface area (Å²) in [6.45, 7) is 12.2. The third-order valence-electron chi connectivity index (χ3n) is 7.86. The maximum absolute atomic E-state index is 13.8. The molecular weight excluding hydrogens is 468 g/mol. The summed E-state index contributed by atoms with van der Waals surface area (Å²) < 4.78 is 0. The van der Waals surface area contributed by atoms with Crippen molar-refractivity contribution in [1.82, 2.24) is 9.80 Å². The van der Waals surface area contributed by atoms with Crippen LogP contribution in [0.2, 0.25) is 0 Å². The number of anilines is 2. The van der Waals surface area contributed by atoms with Crippen LogP contribution in [0, 0.1) is 13.8 Å². The minimum Gasteiger partial charge on any atom is -0.368 e. The van der Waals surface area contributed by atoms with Crippen molar-refractivity contribution in [3.8, 4) is 11.1 Å². The summed E-state index contributed by atoms with van der Waals surface area (Å²) in [5.74, 6) is 0.0540. The van der Waals surface area contributed by atoms with E-state index in [1.165, 1.54) is 16.8 Å². The van der Waals surface area contributed by atoms with E-state index in [9.17, 15) is 4.79 Å². The number of ketones is 1. The van der Waals surface area contributed by atoms with Crippen molar-refractivity contribution in [3.05, 3.63) is 89.0 Å². The van der Waals surface area contributed by atoms with Gasteiger partial charge in [0.25, 0.3) is 0 Å². The molecule has 0 radical (unpaired) electrons. The second-order valence-corrected chi connectivity index (χ2v) is 10.9. The first-order chi connectivity index (χ1) is 18.4. The number of para-hydroxylation sites is 1. The molecule has 0 bridgehead atoms. The van der Waals surface area contributed by atoms with Gasteiger partial charge in [0.05, 0.1) is 0 Å². The molecule has 0 aliphatic carbocycles. The van der Waals surface area contributed by atoms with E-state index in [2.05, 4.69) is 108 Å². The number of rotatable bonds is 6. The zero-order valence-corrected chi connectivity index (χ0v) is 23.3. The smallest absolute Gasteiger partial charge is 0.187 e. The van der Waals surface area contributed by atoms with Gasteiger partial charge < -0.3 is 19.6 Å². The second-order valence-electron chi connectivity index (χ2n) is 10.9. The minimum atomic E-state index is 0.0540. The monoisotopic (exact) mass is 508 g/mol. The number of carbonyl (C=O) groups excluding carboxylic acids is 1. The van der Waals surface area contributed by atoms with Crippen LogP contribution in [-0.2, 0) is 0 Å². The van der Waals surface area contributed by atoms with Crippen LogP contribution >= 0.6 is 0 Å². The van der Waals surface area contributed by atoms with Gasteiger partial charge in [0, 0.05) is 69.3 Å². The highest BCUT2D eigenvalue weighted by Gasteiger charge is 2.21. The van der Waals surface area contributed by atoms with Crippen molar-refractivity contribution < 1.29 is 4.79 Å². The van der Waals surface area contributed by atoms with E-state index >= 15 is 0 Å². The fraction of sp³-hybridized carbons (Fsp3) is 0.364. The van der Waals surface area contributed by atoms with E-state index in [0.29, 0.717) is 0 Å². The highest BCUT2D eigenvalue weighted by Crippen LogP contribution is 2.31. The molecule has 3 aromatic carbocycles. The third kappa shape index (κ3) is 6.01. The summed E-state index contributed by atoms with van der Waals surface area (Å²) in [5.41, 5.74) is 8.82. The van der Waals surface area contributed by atoms with Gasteiger partial charge in [-0.15, -0.1) is 0 Å². The van der Waals surface area contributed by atoms with E-state index in [1.807, 2.05) is 6.08 Å². The number of benzene rings is 3. The van der Waals surface area contributed by atoms with E-state index in [-0.39, 0.29) is 5.78 Å². The Morgan fingerprint density at radius 1 is 0.658 bits per heavy atom. The van der Waals surface area contributed by atoms with Crippen molar-refractivity contribution in [1.29, 1.82) is 0 Å². The van der Waals surface area contributed by atoms with Gasteiger partial charge in [-0.1, -0.05) is 53.6 Å². The molecule has 0 amide bonds. The summed E-state index contributed by atoms with van der Waals surface area (Å²) in [6, 6.07) is 21.4. The molecule has 0 spiro atoms. The number of hydrogen-bond donors (Lipinski definition) is 0. The van der Waals surface area contributed by atoms with E-state index in [0.717, 1.165) is 80.3 Å². The van der Waals surface area contributed by atoms with Crippen molar-refractivity contribution in [2.24, 2.45) is 0 Å². The molecule has 2 aliphatic heterocycles. The number of likely N-dealkylation sites (N-methyl/N-ethyl adjacent to an activating group) is 2. The largest absolute Gasteiger partial charge is 0.368 e. The molecule has 2 saturated heterocycles. The summed E-state index contributed by atoms with van der Waals surface area (Å²) >= 11 is 0. The van der Waals surface area contributed by atoms with Crippen LogP contribution < -0.4 is 9.80 Å². The summed E-state index contributed by atoms with van der Waals surface area (Å²) in [5, 5.41) is 0. The van der Waals surface area contributed by atoms with Gasteiger partial charge in [0.2, 0.25) is 0 Å². The van der Waals surface area contributed by atoms with Crippen LogP contribution in [0.1, 0.15) is 27.0 Å². The highest BCUT2D eigenvalue weighted by atomic mass is 16.1. The zero-order chi connectivity index (χ0) is 26.6. The normalized spacial score (nSPS) is 17.4. The Hall–Kier alpha value is -3.41. The molecule has 0 aromatic heterocycles. The lowest BCUT2D eigenvalue weighted by atomic mass is 9.96. The molecule has 198 valence electrons. The van der Waals surface area contributed by atoms with Crippen LogP contribution in [0.25, 0.3) is 17.2 Å². The Kier molecular flexibility index (Phi) is 7.96. The fourth-order valence-electron chi connectivity index (χ4n) is 5.60. The number of piperazine rings is 2. The van der Waals surface area contributed by atoms with Gasteiger partial charge >= 0.3 is 0 Å². The minimum absolute atomic E-state index is 0.0540. The van der Waals surface area contributed by atoms with Gasteiger partial charge in [-0.05, 0) is 75.0 Å². The summed E-state index contributed by atoms with van der Waals surface area (Å²) in [6.07, 6.45) is 3.78. The Morgan fingerprint density at radius 2 is 1.24 bits per heavy atom. The first-order valence-electron chi connectivity index (χ1n) is 13.8. The molecule has 5 heteroatoms. The Bertz CT molecular complexity index is 1290. The number of nitrogens with zero attached hydrogens (tertiary/aromatic N) is 4. The zero-order valence-electron chi connectivity index (χ0n) is 23.3. The fourth-order valence-corrected chi connectivity index (χ4v) is 5.60. The average molecular weight is 509 g/mol. The van der Waals surface area contributed by atoms with Crippen LogP contribution in [0.3, 0.4) is 0 Å². The lowest BCUT2D eigenvalue weighted by Crippen LogP contribution is -2.45. The van der Waals surface area contributed by atoms with Crippen LogP contribution in [0.15, 0.2) is 66.7 Å². The Balaban J connectivity index is 1.48. The van der Waals surface area contributed by atoms with Gasteiger partial charge in [0.15, 0.2) is 5.78 Å². The topological polar surface area (TPSA) is 30.0 Å². The van der Waals surface area contributed by atoms with Crippen LogP contribution in [-0.4, -0.2) is 82.0 Å². The van der Waals surface area contributed by atoms with E-state index in [1.54, 1.807) is 6.08 Å². The molecule has 3 aromatic rings. The third-order valence-corrected chi connectivity index (χ3v) is 7.86. The summed E-state index contributed by atoms with van der Waals surface area (Å²) in [7, 11) is 4.33. The summed E-state index contributed by atoms with van der Waals surface area (Å²) in [4.78, 5) is 23.4. The Labute approximate surface area is 228 Å². The SMILES string of the molecule is Cc1cc(C)cc(-c2ccc(N3CCN(C)CC3)c(C(=O)/C=C/c3ccccc3N3CCN(C)CC3)c2)c1. The first kappa shape index (κ1) is 26.2. The van der Waals surface area contributed by atoms with Gasteiger partial charge in [0.1, 0.15) is 0 Å². The molecule has 38 heavy (non-hydrogen) atoms. The molecule has 0 N–H and O–H groups in total.